The van der Waals surface area contributed by atoms with Crippen LogP contribution in [0.15, 0.2) is 42.2 Å². The average Bonchev–Trinajstić information content (AvgIpc) is 2.73. The Hall–Kier alpha value is -1.97. The first kappa shape index (κ1) is 12.5. The second-order valence-corrected chi connectivity index (χ2v) is 4.42. The van der Waals surface area contributed by atoms with Crippen LogP contribution in [-0.2, 0) is 6.54 Å². The molecule has 0 bridgehead atoms. The summed E-state index contributed by atoms with van der Waals surface area (Å²) in [6, 6.07) is 0. The third-order valence-electron chi connectivity index (χ3n) is 2.83. The van der Waals surface area contributed by atoms with Crippen molar-refractivity contribution in [2.24, 2.45) is 5.92 Å². The average molecular weight is 243 g/mol. The van der Waals surface area contributed by atoms with Crippen molar-refractivity contribution in [1.29, 1.82) is 0 Å². The van der Waals surface area contributed by atoms with E-state index in [1.54, 1.807) is 10.9 Å². The predicted molar refractivity (Wildman–Crippen MR) is 70.2 cm³/mol. The summed E-state index contributed by atoms with van der Waals surface area (Å²) in [4.78, 5) is 11.5. The first-order valence-electron chi connectivity index (χ1n) is 6.18. The molecule has 0 saturated heterocycles. The van der Waals surface area contributed by atoms with Crippen LogP contribution in [0.3, 0.4) is 0 Å². The van der Waals surface area contributed by atoms with Crippen LogP contribution in [0.2, 0.25) is 0 Å². The molecule has 94 valence electrons. The third kappa shape index (κ3) is 3.03. The molecule has 1 aromatic heterocycles. The highest BCUT2D eigenvalue weighted by molar-refractivity contribution is 5.93. The van der Waals surface area contributed by atoms with E-state index in [0.717, 1.165) is 5.57 Å². The number of carbonyl (C=O) groups is 1. The highest BCUT2D eigenvalue weighted by atomic mass is 16.1. The molecule has 1 aliphatic rings. The SMILES string of the molecule is CCC(=O)c1cn(CC2=CC=CC(C)C=C2)nn1. The van der Waals surface area contributed by atoms with Crippen molar-refractivity contribution in [1.82, 2.24) is 15.0 Å². The minimum absolute atomic E-state index is 0.0279. The van der Waals surface area contributed by atoms with E-state index in [4.69, 9.17) is 0 Å². The number of hydrogen-bond acceptors (Lipinski definition) is 3. The second-order valence-electron chi connectivity index (χ2n) is 4.42. The standard InChI is InChI=1S/C14H17N3O/c1-3-14(18)13-10-17(16-15-13)9-12-6-4-5-11(2)7-8-12/h4-8,10-11H,3,9H2,1-2H3. The van der Waals surface area contributed by atoms with Gasteiger partial charge >= 0.3 is 0 Å². The van der Waals surface area contributed by atoms with E-state index >= 15 is 0 Å². The monoisotopic (exact) mass is 243 g/mol. The lowest BCUT2D eigenvalue weighted by atomic mass is 10.1. The first-order chi connectivity index (χ1) is 8.69. The van der Waals surface area contributed by atoms with Crippen LogP contribution in [0, 0.1) is 5.92 Å². The van der Waals surface area contributed by atoms with E-state index < -0.39 is 0 Å². The maximum Gasteiger partial charge on any atom is 0.184 e. The van der Waals surface area contributed by atoms with Gasteiger partial charge in [0.25, 0.3) is 0 Å². The molecule has 0 spiro atoms. The number of Topliss-reactive ketones (excluding diaryl/α,β-unsaturated/α-hetero) is 1. The number of aromatic nitrogens is 3. The zero-order valence-corrected chi connectivity index (χ0v) is 10.7. The molecule has 1 heterocycles. The smallest absolute Gasteiger partial charge is 0.184 e. The lowest BCUT2D eigenvalue weighted by Crippen LogP contribution is -2.00. The molecule has 0 N–H and O–H groups in total. The summed E-state index contributed by atoms with van der Waals surface area (Å²) in [5.74, 6) is 0.479. The van der Waals surface area contributed by atoms with Gasteiger partial charge in [-0.1, -0.05) is 49.4 Å². The predicted octanol–water partition coefficient (Wildman–Crippen LogP) is 2.56. The van der Waals surface area contributed by atoms with E-state index in [1.165, 1.54) is 0 Å². The van der Waals surface area contributed by atoms with Crippen LogP contribution < -0.4 is 0 Å². The maximum atomic E-state index is 11.5. The number of allylic oxidation sites excluding steroid dienone is 6. The van der Waals surface area contributed by atoms with Gasteiger partial charge in [-0.15, -0.1) is 5.10 Å². The fourth-order valence-electron chi connectivity index (χ4n) is 1.73. The Kier molecular flexibility index (Phi) is 3.87. The molecule has 18 heavy (non-hydrogen) atoms. The molecule has 4 nitrogen and oxygen atoms in total. The van der Waals surface area contributed by atoms with Crippen molar-refractivity contribution in [3.05, 3.63) is 47.8 Å². The molecule has 1 aliphatic carbocycles. The van der Waals surface area contributed by atoms with Crippen molar-refractivity contribution < 1.29 is 4.79 Å². The zero-order valence-electron chi connectivity index (χ0n) is 10.7. The van der Waals surface area contributed by atoms with Gasteiger partial charge in [-0.3, -0.25) is 4.79 Å². The second kappa shape index (κ2) is 5.58. The van der Waals surface area contributed by atoms with Crippen LogP contribution in [-0.4, -0.2) is 20.8 Å². The first-order valence-corrected chi connectivity index (χ1v) is 6.18. The van der Waals surface area contributed by atoms with Gasteiger partial charge in [-0.2, -0.15) is 0 Å². The largest absolute Gasteiger partial charge is 0.292 e. The quantitative estimate of drug-likeness (QED) is 0.763. The Labute approximate surface area is 107 Å². The van der Waals surface area contributed by atoms with Gasteiger partial charge in [0.2, 0.25) is 0 Å². The van der Waals surface area contributed by atoms with E-state index in [1.807, 2.05) is 6.92 Å². The molecule has 1 aromatic rings. The van der Waals surface area contributed by atoms with Crippen molar-refractivity contribution in [3.63, 3.8) is 0 Å². The molecule has 1 atom stereocenters. The van der Waals surface area contributed by atoms with Gasteiger partial charge in [-0.25, -0.2) is 4.68 Å². The van der Waals surface area contributed by atoms with E-state index in [2.05, 4.69) is 47.6 Å². The van der Waals surface area contributed by atoms with Gasteiger partial charge in [0.15, 0.2) is 5.78 Å². The van der Waals surface area contributed by atoms with Gasteiger partial charge in [-0.05, 0) is 11.5 Å². The molecule has 0 aromatic carbocycles. The fraction of sp³-hybridized carbons (Fsp3) is 0.357. The molecule has 0 saturated carbocycles. The number of hydrogen-bond donors (Lipinski definition) is 0. The summed E-state index contributed by atoms with van der Waals surface area (Å²) in [6.45, 7) is 4.60. The zero-order chi connectivity index (χ0) is 13.0. The molecule has 0 aliphatic heterocycles. The summed E-state index contributed by atoms with van der Waals surface area (Å²) in [7, 11) is 0. The maximum absolute atomic E-state index is 11.5. The molecule has 4 heteroatoms. The van der Waals surface area contributed by atoms with Crippen LogP contribution in [0.1, 0.15) is 30.8 Å². The molecule has 0 radical (unpaired) electrons. The van der Waals surface area contributed by atoms with Crippen molar-refractivity contribution in [3.8, 4) is 0 Å². The Morgan fingerprint density at radius 2 is 2.28 bits per heavy atom. The van der Waals surface area contributed by atoms with Gasteiger partial charge in [0.05, 0.1) is 12.7 Å². The van der Waals surface area contributed by atoms with E-state index in [0.29, 0.717) is 24.6 Å². The van der Waals surface area contributed by atoms with Crippen molar-refractivity contribution >= 4 is 5.78 Å². The third-order valence-corrected chi connectivity index (χ3v) is 2.83. The number of rotatable bonds is 4. The van der Waals surface area contributed by atoms with E-state index in [9.17, 15) is 4.79 Å². The van der Waals surface area contributed by atoms with Crippen LogP contribution in [0.25, 0.3) is 0 Å². The number of nitrogens with zero attached hydrogens (tertiary/aromatic N) is 3. The molecular weight excluding hydrogens is 226 g/mol. The molecular formula is C14H17N3O. The highest BCUT2D eigenvalue weighted by Crippen LogP contribution is 2.11. The lowest BCUT2D eigenvalue weighted by Gasteiger charge is -2.00. The van der Waals surface area contributed by atoms with Crippen LogP contribution in [0.4, 0.5) is 0 Å². The fourth-order valence-corrected chi connectivity index (χ4v) is 1.73. The summed E-state index contributed by atoms with van der Waals surface area (Å²) in [6.07, 6.45) is 12.6. The molecule has 1 unspecified atom stereocenters. The van der Waals surface area contributed by atoms with Gasteiger partial charge in [0.1, 0.15) is 5.69 Å². The van der Waals surface area contributed by atoms with Crippen LogP contribution >= 0.6 is 0 Å². The minimum atomic E-state index is 0.0279. The van der Waals surface area contributed by atoms with Crippen LogP contribution in [0.5, 0.6) is 0 Å². The van der Waals surface area contributed by atoms with Gasteiger partial charge < -0.3 is 0 Å². The molecule has 0 fully saturated rings. The van der Waals surface area contributed by atoms with Crippen molar-refractivity contribution in [2.75, 3.05) is 0 Å². The summed E-state index contributed by atoms with van der Waals surface area (Å²) in [5, 5.41) is 7.86. The highest BCUT2D eigenvalue weighted by Gasteiger charge is 2.08. The van der Waals surface area contributed by atoms with Gasteiger partial charge in [0, 0.05) is 6.42 Å². The van der Waals surface area contributed by atoms with Crippen molar-refractivity contribution in [2.45, 2.75) is 26.8 Å². The topological polar surface area (TPSA) is 47.8 Å². The summed E-state index contributed by atoms with van der Waals surface area (Å²) < 4.78 is 1.70. The Morgan fingerprint density at radius 3 is 3.06 bits per heavy atom. The molecule has 2 rings (SSSR count). The summed E-state index contributed by atoms with van der Waals surface area (Å²) in [5.41, 5.74) is 1.59. The van der Waals surface area contributed by atoms with E-state index in [-0.39, 0.29) is 5.78 Å². The number of carbonyl (C=O) groups excluding carboxylic acids is 1. The lowest BCUT2D eigenvalue weighted by molar-refractivity contribution is 0.0983. The molecule has 0 amide bonds. The Bertz CT molecular complexity index is 523. The summed E-state index contributed by atoms with van der Waals surface area (Å²) >= 11 is 0. The minimum Gasteiger partial charge on any atom is -0.292 e. The number of ketones is 1. The Balaban J connectivity index is 2.08. The Morgan fingerprint density at radius 1 is 1.44 bits per heavy atom. The normalized spacial score (nSPS) is 18.6.